The highest BCUT2D eigenvalue weighted by atomic mass is 28.4. The summed E-state index contributed by atoms with van der Waals surface area (Å²) in [5.74, 6) is -3.37. The molecule has 13 nitrogen and oxygen atoms in total. The average Bonchev–Trinajstić information content (AvgIpc) is 3.33. The van der Waals surface area contributed by atoms with Gasteiger partial charge in [-0.25, -0.2) is 0 Å². The Morgan fingerprint density at radius 1 is 0.695 bits per heavy atom. The van der Waals surface area contributed by atoms with Crippen molar-refractivity contribution in [3.05, 3.63) is 11.1 Å². The molecule has 0 aromatic rings. The van der Waals surface area contributed by atoms with Gasteiger partial charge in [-0.05, 0) is 38.4 Å². The molecule has 340 valence electrons. The van der Waals surface area contributed by atoms with Gasteiger partial charge in [0.15, 0.2) is 26.8 Å². The highest BCUT2D eigenvalue weighted by molar-refractivity contribution is 6.74. The molecule has 0 radical (unpaired) electrons. The van der Waals surface area contributed by atoms with E-state index in [2.05, 4.69) is 40.8 Å². The van der Waals surface area contributed by atoms with Gasteiger partial charge in [0.05, 0.1) is 13.2 Å². The molecule has 1 fully saturated rings. The normalized spacial score (nSPS) is 21.9. The number of amides is 2. The summed E-state index contributed by atoms with van der Waals surface area (Å²) in [7, 11) is -2.30. The zero-order valence-corrected chi connectivity index (χ0v) is 39.5. The number of nitrogens with zero attached hydrogens (tertiary/aromatic N) is 1. The van der Waals surface area contributed by atoms with E-state index in [0.29, 0.717) is 6.61 Å². The largest absolute Gasteiger partial charge is 0.463 e. The predicted octanol–water partition coefficient (Wildman–Crippen LogP) is 8.90. The molecule has 59 heavy (non-hydrogen) atoms. The van der Waals surface area contributed by atoms with Crippen molar-refractivity contribution >= 4 is 38.0 Å². The molecule has 0 saturated carbocycles. The molecule has 2 aliphatic rings. The van der Waals surface area contributed by atoms with E-state index >= 15 is 0 Å². The summed E-state index contributed by atoms with van der Waals surface area (Å²) in [6, 6.07) is -1.39. The third-order valence-corrected chi connectivity index (χ3v) is 16.3. The molecule has 0 aromatic carbocycles. The lowest BCUT2D eigenvalue weighted by Gasteiger charge is -2.48. The molecule has 2 heterocycles. The highest BCUT2D eigenvalue weighted by Crippen LogP contribution is 2.38. The smallest absolute Gasteiger partial charge is 0.303 e. The Bertz CT molecular complexity index is 1340. The van der Waals surface area contributed by atoms with E-state index in [9.17, 15) is 24.0 Å². The van der Waals surface area contributed by atoms with Crippen molar-refractivity contribution in [3.63, 3.8) is 0 Å². The Morgan fingerprint density at radius 2 is 1.15 bits per heavy atom. The minimum absolute atomic E-state index is 0.109. The number of ether oxygens (including phenoxy) is 6. The van der Waals surface area contributed by atoms with Crippen LogP contribution in [0.25, 0.3) is 0 Å². The molecule has 14 heteroatoms. The Morgan fingerprint density at radius 3 is 1.59 bits per heavy atom. The molecule has 0 aliphatic carbocycles. The summed E-state index contributed by atoms with van der Waals surface area (Å²) in [5, 5.41) is -0.113. The minimum atomic E-state index is -2.30. The number of esters is 3. The fourth-order valence-electron chi connectivity index (χ4n) is 7.12. The summed E-state index contributed by atoms with van der Waals surface area (Å²) >= 11 is 0. The molecule has 2 rings (SSSR count). The fourth-order valence-corrected chi connectivity index (χ4v) is 8.15. The van der Waals surface area contributed by atoms with Crippen molar-refractivity contribution in [1.29, 1.82) is 0 Å². The van der Waals surface area contributed by atoms with Crippen LogP contribution in [0.1, 0.15) is 165 Å². The second kappa shape index (κ2) is 26.6. The molecule has 0 spiro atoms. The number of hydrogen-bond acceptors (Lipinski definition) is 12. The van der Waals surface area contributed by atoms with Gasteiger partial charge < -0.3 is 32.8 Å². The molecular weight excluding hydrogens is 775 g/mol. The molecule has 0 bridgehead atoms. The van der Waals surface area contributed by atoms with Crippen LogP contribution in [-0.4, -0.2) is 106 Å². The van der Waals surface area contributed by atoms with Crippen molar-refractivity contribution in [3.8, 4) is 0 Å². The second-order valence-electron chi connectivity index (χ2n) is 17.9. The van der Waals surface area contributed by atoms with E-state index in [1.807, 2.05) is 0 Å². The maximum atomic E-state index is 13.7. The van der Waals surface area contributed by atoms with Gasteiger partial charge in [-0.15, -0.1) is 0 Å². The van der Waals surface area contributed by atoms with Crippen LogP contribution < -0.4 is 0 Å². The quantitative estimate of drug-likeness (QED) is 0.0232. The van der Waals surface area contributed by atoms with Gasteiger partial charge >= 0.3 is 17.9 Å². The first kappa shape index (κ1) is 52.5. The number of carbonyl (C=O) groups excluding carboxylic acids is 5. The highest BCUT2D eigenvalue weighted by Gasteiger charge is 2.57. The number of unbranched alkanes of at least 4 members (excludes halogenated alkanes) is 15. The van der Waals surface area contributed by atoms with E-state index in [0.717, 1.165) is 31.1 Å². The molecule has 1 saturated heterocycles. The van der Waals surface area contributed by atoms with Gasteiger partial charge in [0.2, 0.25) is 0 Å². The lowest BCUT2D eigenvalue weighted by molar-refractivity contribution is -0.302. The third kappa shape index (κ3) is 18.1. The number of carbonyl (C=O) groups is 5. The zero-order chi connectivity index (χ0) is 44.2. The van der Waals surface area contributed by atoms with Crippen molar-refractivity contribution in [2.24, 2.45) is 0 Å². The minimum Gasteiger partial charge on any atom is -0.463 e. The number of imide groups is 1. The van der Waals surface area contributed by atoms with Crippen LogP contribution >= 0.6 is 0 Å². The van der Waals surface area contributed by atoms with Gasteiger partial charge in [0.1, 0.15) is 24.9 Å². The molecule has 2 aliphatic heterocycles. The molecule has 0 N–H and O–H groups in total. The van der Waals surface area contributed by atoms with E-state index < -0.39 is 81.4 Å². The van der Waals surface area contributed by atoms with Gasteiger partial charge in [-0.2, -0.15) is 0 Å². The lowest BCUT2D eigenvalue weighted by Crippen LogP contribution is -2.68. The Hall–Kier alpha value is -2.65. The van der Waals surface area contributed by atoms with Crippen LogP contribution in [0, 0.1) is 0 Å². The van der Waals surface area contributed by atoms with Crippen LogP contribution in [0.15, 0.2) is 11.1 Å². The summed E-state index contributed by atoms with van der Waals surface area (Å²) in [6.45, 7) is 19.8. The number of hydrogen-bond donors (Lipinski definition) is 0. The standard InChI is InChI=1S/C45H79NO12Si/c1-12-13-14-15-16-17-18-19-20-21-22-23-24-25-26-27-28-52-29-37(30-54-59(10,11)45(7,8)9)57-44-39(46-42(50)32(2)33(3)43(46)51)41(56-36(6)49)40(55-35(5)48)38(58-44)31-53-34(4)47/h37-41,44H,12-31H2,1-11H3/t37-,38-,39-,40-,41-,44-/m1/s1. The summed E-state index contributed by atoms with van der Waals surface area (Å²) in [5.41, 5.74) is 0.419. The van der Waals surface area contributed by atoms with Crippen molar-refractivity contribution < 1.29 is 56.8 Å². The van der Waals surface area contributed by atoms with Gasteiger partial charge in [0, 0.05) is 38.5 Å². The maximum absolute atomic E-state index is 13.7. The third-order valence-electron chi connectivity index (χ3n) is 11.8. The Kier molecular flexibility index (Phi) is 23.7. The summed E-state index contributed by atoms with van der Waals surface area (Å²) < 4.78 is 42.5. The van der Waals surface area contributed by atoms with Gasteiger partial charge in [-0.3, -0.25) is 28.9 Å². The van der Waals surface area contributed by atoms with Crippen molar-refractivity contribution in [2.45, 2.75) is 220 Å². The molecule has 0 aromatic heterocycles. The van der Waals surface area contributed by atoms with Crippen molar-refractivity contribution in [1.82, 2.24) is 4.90 Å². The monoisotopic (exact) mass is 854 g/mol. The molecule has 0 unspecified atom stereocenters. The first-order valence-electron chi connectivity index (χ1n) is 22.4. The average molecular weight is 854 g/mol. The first-order chi connectivity index (χ1) is 27.8. The Balaban J connectivity index is 2.16. The topological polar surface area (TPSA) is 153 Å². The van der Waals surface area contributed by atoms with Crippen LogP contribution in [0.5, 0.6) is 0 Å². The predicted molar refractivity (Wildman–Crippen MR) is 229 cm³/mol. The van der Waals surface area contributed by atoms with Gasteiger partial charge in [-0.1, -0.05) is 124 Å². The Labute approximate surface area is 356 Å². The van der Waals surface area contributed by atoms with Crippen LogP contribution in [-0.2, 0) is 56.8 Å². The van der Waals surface area contributed by atoms with Crippen LogP contribution in [0.4, 0.5) is 0 Å². The molecular formula is C45H79NO12Si. The number of rotatable bonds is 29. The second-order valence-corrected chi connectivity index (χ2v) is 22.7. The van der Waals surface area contributed by atoms with Crippen molar-refractivity contribution in [2.75, 3.05) is 26.4 Å². The fraction of sp³-hybridized carbons (Fsp3) is 0.844. The van der Waals surface area contributed by atoms with E-state index in [1.54, 1.807) is 0 Å². The SMILES string of the molecule is CCCCCCCCCCCCCCCCCCOC[C@H](CO[Si](C)(C)C(C)(C)C)O[C@@H]1O[C@H](COC(C)=O)[C@@H](OC(C)=O)[C@H](OC(C)=O)[C@H]1N1C(=O)C(C)=C(C)C1=O. The zero-order valence-electron chi connectivity index (χ0n) is 38.5. The molecule has 6 atom stereocenters. The maximum Gasteiger partial charge on any atom is 0.303 e. The molecule has 2 amide bonds. The van der Waals surface area contributed by atoms with E-state index in [4.69, 9.17) is 32.8 Å². The lowest BCUT2D eigenvalue weighted by atomic mass is 9.94. The first-order valence-corrected chi connectivity index (χ1v) is 25.3. The van der Waals surface area contributed by atoms with Crippen LogP contribution in [0.2, 0.25) is 18.1 Å². The summed E-state index contributed by atoms with van der Waals surface area (Å²) in [6.07, 6.45) is 14.2. The summed E-state index contributed by atoms with van der Waals surface area (Å²) in [4.78, 5) is 65.3. The van der Waals surface area contributed by atoms with E-state index in [1.165, 1.54) is 111 Å². The van der Waals surface area contributed by atoms with Gasteiger partial charge in [0.25, 0.3) is 11.8 Å². The van der Waals surface area contributed by atoms with Crippen LogP contribution in [0.3, 0.4) is 0 Å². The van der Waals surface area contributed by atoms with E-state index in [-0.39, 0.29) is 29.4 Å².